The number of alkyl halides is 3. The monoisotopic (exact) mass is 797 g/mol. The van der Waals surface area contributed by atoms with Crippen molar-refractivity contribution in [1.82, 2.24) is 25.6 Å². The summed E-state index contributed by atoms with van der Waals surface area (Å²) in [5.74, 6) is -2.25. The van der Waals surface area contributed by atoms with Crippen molar-refractivity contribution >= 4 is 52.8 Å². The number of carbonyl (C=O) groups excluding carboxylic acids is 4. The number of amides is 2. The van der Waals surface area contributed by atoms with Crippen LogP contribution in [0.15, 0.2) is 72.8 Å². The predicted molar refractivity (Wildman–Crippen MR) is 199 cm³/mol. The second-order valence-electron chi connectivity index (χ2n) is 12.8. The van der Waals surface area contributed by atoms with Gasteiger partial charge in [0.15, 0.2) is 6.61 Å². The number of Topliss-reactive ketones (excluding diaryl/α,β-unsaturated/α-hetero) is 1. The maximum absolute atomic E-state index is 13.1. The highest BCUT2D eigenvalue weighted by Crippen LogP contribution is 2.48. The van der Waals surface area contributed by atoms with E-state index < -0.39 is 53.9 Å². The molecule has 1 aromatic heterocycles. The van der Waals surface area contributed by atoms with Gasteiger partial charge in [-0.1, -0.05) is 35.9 Å². The number of benzene rings is 3. The van der Waals surface area contributed by atoms with Gasteiger partial charge in [0.1, 0.15) is 11.8 Å². The van der Waals surface area contributed by atoms with Crippen LogP contribution in [0.25, 0.3) is 0 Å². The second-order valence-corrected chi connectivity index (χ2v) is 13.2. The maximum Gasteiger partial charge on any atom is 0.422 e. The van der Waals surface area contributed by atoms with Crippen molar-refractivity contribution < 1.29 is 46.6 Å². The van der Waals surface area contributed by atoms with Gasteiger partial charge in [-0.15, -0.1) is 0 Å². The first kappa shape index (κ1) is 41.2. The van der Waals surface area contributed by atoms with Gasteiger partial charge in [0.2, 0.25) is 17.7 Å². The van der Waals surface area contributed by atoms with Crippen LogP contribution in [-0.2, 0) is 31.1 Å². The number of ketones is 1. The molecular formula is C38H39ClF3N7O7. The Morgan fingerprint density at radius 2 is 1.57 bits per heavy atom. The topological polar surface area (TPSA) is 183 Å². The number of hydrogen-bond donors (Lipinski definition) is 4. The molecule has 1 aliphatic carbocycles. The van der Waals surface area contributed by atoms with Crippen molar-refractivity contribution in [2.24, 2.45) is 0 Å². The molecule has 0 unspecified atom stereocenters. The average molecular weight is 798 g/mol. The van der Waals surface area contributed by atoms with Gasteiger partial charge >= 0.3 is 18.2 Å². The molecule has 1 heterocycles. The van der Waals surface area contributed by atoms with E-state index in [1.807, 2.05) is 36.4 Å². The Labute approximate surface area is 324 Å². The summed E-state index contributed by atoms with van der Waals surface area (Å²) >= 11 is 6.03. The van der Waals surface area contributed by atoms with Crippen LogP contribution < -0.4 is 30.7 Å². The smallest absolute Gasteiger partial charge is 0.422 e. The lowest BCUT2D eigenvalue weighted by molar-refractivity contribution is -0.154. The molecule has 0 bridgehead atoms. The first-order valence-corrected chi connectivity index (χ1v) is 17.8. The summed E-state index contributed by atoms with van der Waals surface area (Å²) in [4.78, 5) is 62.7. The standard InChI is InChI=1S/C38H39ClF3N7O7/c1-54-28-16-6-23(7-17-28)4-3-5-30(50)32(52)43-21-18-29(33(53)55-2)45-31(51)24-8-14-27(15-9-24)44-34-46-35(48-36(47-34)56-22-38(40,41)42)49-37(19-20-37)25-10-12-26(39)13-11-25/h6-17,29H,3-5,18-22H2,1-2H3,(H,43,52)(H,45,51)(H2,44,46,47,48,49)/t29-/m0/s1. The summed E-state index contributed by atoms with van der Waals surface area (Å²) in [6.45, 7) is -1.71. The second kappa shape index (κ2) is 18.6. The number of methoxy groups -OCH3 is 2. The summed E-state index contributed by atoms with van der Waals surface area (Å²) in [7, 11) is 2.72. The Balaban J connectivity index is 1.16. The minimum atomic E-state index is -4.63. The first-order chi connectivity index (χ1) is 26.8. The van der Waals surface area contributed by atoms with Crippen molar-refractivity contribution in [2.75, 3.05) is 38.0 Å². The van der Waals surface area contributed by atoms with E-state index in [1.165, 1.54) is 24.3 Å². The van der Waals surface area contributed by atoms with Gasteiger partial charge in [0.05, 0.1) is 19.8 Å². The quantitative estimate of drug-likeness (QED) is 0.0673. The molecule has 0 saturated heterocycles. The number of aryl methyl sites for hydroxylation is 1. The number of hydrogen-bond acceptors (Lipinski definition) is 12. The number of rotatable bonds is 19. The van der Waals surface area contributed by atoms with Crippen LogP contribution in [0.4, 0.5) is 30.8 Å². The SMILES string of the molecule is COC(=O)[C@H](CCNC(=O)C(=O)CCCc1ccc(OC)cc1)NC(=O)c1ccc(Nc2nc(NC3(c4ccc(Cl)cc4)CC3)nc(OCC(F)(F)F)n2)cc1. The van der Waals surface area contributed by atoms with Crippen molar-refractivity contribution in [1.29, 1.82) is 0 Å². The lowest BCUT2D eigenvalue weighted by Gasteiger charge is -2.19. The molecule has 14 nitrogen and oxygen atoms in total. The van der Waals surface area contributed by atoms with E-state index in [4.69, 9.17) is 25.8 Å². The fourth-order valence-corrected chi connectivity index (χ4v) is 5.65. The number of nitrogens with one attached hydrogen (secondary N) is 4. The lowest BCUT2D eigenvalue weighted by Crippen LogP contribution is -2.44. The van der Waals surface area contributed by atoms with Gasteiger partial charge in [-0.25, -0.2) is 4.79 Å². The molecule has 5 rings (SSSR count). The van der Waals surface area contributed by atoms with E-state index in [0.29, 0.717) is 42.1 Å². The van der Waals surface area contributed by atoms with Crippen LogP contribution in [0, 0.1) is 0 Å². The van der Waals surface area contributed by atoms with E-state index in [0.717, 1.165) is 18.2 Å². The first-order valence-electron chi connectivity index (χ1n) is 17.5. The minimum absolute atomic E-state index is 0.0257. The third-order valence-electron chi connectivity index (χ3n) is 8.67. The number of esters is 1. The van der Waals surface area contributed by atoms with Crippen LogP contribution in [-0.4, -0.2) is 78.1 Å². The summed E-state index contributed by atoms with van der Waals surface area (Å²) in [5.41, 5.74) is 1.84. The maximum atomic E-state index is 13.1. The van der Waals surface area contributed by atoms with Crippen LogP contribution in [0.5, 0.6) is 11.8 Å². The Morgan fingerprint density at radius 1 is 0.893 bits per heavy atom. The van der Waals surface area contributed by atoms with E-state index in [1.54, 1.807) is 19.2 Å². The lowest BCUT2D eigenvalue weighted by atomic mass is 10.1. The zero-order chi connectivity index (χ0) is 40.3. The number of carbonyl (C=O) groups is 4. The molecule has 0 spiro atoms. The fourth-order valence-electron chi connectivity index (χ4n) is 5.53. The van der Waals surface area contributed by atoms with Gasteiger partial charge in [0, 0.05) is 29.2 Å². The van der Waals surface area contributed by atoms with Crippen molar-refractivity contribution in [3.63, 3.8) is 0 Å². The molecule has 3 aromatic carbocycles. The molecule has 1 atom stereocenters. The predicted octanol–water partition coefficient (Wildman–Crippen LogP) is 5.69. The van der Waals surface area contributed by atoms with Gasteiger partial charge < -0.3 is 35.5 Å². The van der Waals surface area contributed by atoms with E-state index >= 15 is 0 Å². The molecule has 2 amide bonds. The summed E-state index contributed by atoms with van der Waals surface area (Å²) in [5, 5.41) is 11.7. The molecule has 56 heavy (non-hydrogen) atoms. The van der Waals surface area contributed by atoms with Gasteiger partial charge in [-0.05, 0) is 91.8 Å². The number of nitrogens with zero attached hydrogens (tertiary/aromatic N) is 3. The number of aromatic nitrogens is 3. The van der Waals surface area contributed by atoms with Crippen LogP contribution in [0.1, 0.15) is 53.6 Å². The molecule has 0 radical (unpaired) electrons. The van der Waals surface area contributed by atoms with Crippen molar-refractivity contribution in [3.8, 4) is 11.8 Å². The molecular weight excluding hydrogens is 759 g/mol. The molecule has 4 N–H and O–H groups in total. The molecule has 4 aromatic rings. The van der Waals surface area contributed by atoms with Crippen LogP contribution in [0.3, 0.4) is 0 Å². The number of halogens is 4. The highest BCUT2D eigenvalue weighted by Gasteiger charge is 2.45. The zero-order valence-corrected chi connectivity index (χ0v) is 31.1. The van der Waals surface area contributed by atoms with E-state index in [-0.39, 0.29) is 36.8 Å². The molecule has 1 fully saturated rings. The minimum Gasteiger partial charge on any atom is -0.497 e. The number of anilines is 3. The van der Waals surface area contributed by atoms with E-state index in [2.05, 4.69) is 36.2 Å². The Morgan fingerprint density at radius 3 is 2.20 bits per heavy atom. The van der Waals surface area contributed by atoms with Crippen LogP contribution >= 0.6 is 11.6 Å². The molecule has 1 saturated carbocycles. The van der Waals surface area contributed by atoms with Gasteiger partial charge in [-0.3, -0.25) is 14.4 Å². The van der Waals surface area contributed by atoms with E-state index in [9.17, 15) is 32.3 Å². The van der Waals surface area contributed by atoms with Crippen LogP contribution in [0.2, 0.25) is 5.02 Å². The Bertz CT molecular complexity index is 2000. The zero-order valence-electron chi connectivity index (χ0n) is 30.4. The molecule has 296 valence electrons. The normalized spacial score (nSPS) is 13.5. The van der Waals surface area contributed by atoms with Gasteiger partial charge in [-0.2, -0.15) is 28.1 Å². The highest BCUT2D eigenvalue weighted by molar-refractivity contribution is 6.36. The summed E-state index contributed by atoms with van der Waals surface area (Å²) < 4.78 is 53.7. The summed E-state index contributed by atoms with van der Waals surface area (Å²) in [6, 6.07) is 18.7. The highest BCUT2D eigenvalue weighted by atomic mass is 35.5. The Kier molecular flexibility index (Phi) is 13.7. The van der Waals surface area contributed by atoms with Crippen molar-refractivity contribution in [2.45, 2.75) is 56.3 Å². The molecule has 18 heteroatoms. The largest absolute Gasteiger partial charge is 0.497 e. The Hall–Kier alpha value is -5.97. The third-order valence-corrected chi connectivity index (χ3v) is 8.92. The average Bonchev–Trinajstić information content (AvgIpc) is 3.96. The molecule has 0 aliphatic heterocycles. The molecule has 1 aliphatic rings. The van der Waals surface area contributed by atoms with Crippen molar-refractivity contribution in [3.05, 3.63) is 94.5 Å². The van der Waals surface area contributed by atoms with Gasteiger partial charge in [0.25, 0.3) is 11.8 Å². The fraction of sp³-hybridized carbons (Fsp3) is 0.342. The number of ether oxygens (including phenoxy) is 3. The third kappa shape index (κ3) is 12.0. The summed E-state index contributed by atoms with van der Waals surface area (Å²) in [6.07, 6.45) is -2.18.